The largest absolute Gasteiger partial charge is 0.317 e. The van der Waals surface area contributed by atoms with Crippen LogP contribution in [0.3, 0.4) is 0 Å². The molecule has 0 spiro atoms. The maximum Gasteiger partial charge on any atom is 0.0645 e. The second-order valence-electron chi connectivity index (χ2n) is 5.71. The van der Waals surface area contributed by atoms with Gasteiger partial charge in [-0.2, -0.15) is 0 Å². The smallest absolute Gasteiger partial charge is 0.0645 e. The van der Waals surface area contributed by atoms with Crippen LogP contribution in [0.15, 0.2) is 0 Å². The van der Waals surface area contributed by atoms with Crippen molar-refractivity contribution in [3.63, 3.8) is 0 Å². The summed E-state index contributed by atoms with van der Waals surface area (Å²) in [6, 6.07) is 0. The van der Waals surface area contributed by atoms with Gasteiger partial charge in [0.15, 0.2) is 0 Å². The highest BCUT2D eigenvalue weighted by molar-refractivity contribution is 6.65. The third-order valence-electron chi connectivity index (χ3n) is 3.06. The fraction of sp³-hybridized carbons (Fsp3) is 1.00. The van der Waals surface area contributed by atoms with E-state index in [-0.39, 0.29) is 0 Å². The van der Waals surface area contributed by atoms with Gasteiger partial charge in [0.1, 0.15) is 0 Å². The molecule has 86 valence electrons. The Hall–Kier alpha value is 0.177. The molecule has 0 heterocycles. The van der Waals surface area contributed by atoms with E-state index in [2.05, 4.69) is 53.8 Å². The Morgan fingerprint density at radius 1 is 1.14 bits per heavy atom. The van der Waals surface area contributed by atoms with Crippen molar-refractivity contribution in [3.8, 4) is 0 Å². The van der Waals surface area contributed by atoms with E-state index in [9.17, 15) is 0 Å². The van der Waals surface area contributed by atoms with Crippen LogP contribution >= 0.6 is 0 Å². The summed E-state index contributed by atoms with van der Waals surface area (Å²) in [6.45, 7) is 17.7. The van der Waals surface area contributed by atoms with E-state index < -0.39 is 8.80 Å². The van der Waals surface area contributed by atoms with Crippen LogP contribution < -0.4 is 5.32 Å². The molecule has 0 aromatic carbocycles. The van der Waals surface area contributed by atoms with Crippen molar-refractivity contribution >= 4 is 8.80 Å². The van der Waals surface area contributed by atoms with Crippen LogP contribution in [-0.2, 0) is 0 Å². The Morgan fingerprint density at radius 3 is 1.86 bits per heavy atom. The van der Waals surface area contributed by atoms with E-state index in [0.29, 0.717) is 5.04 Å². The maximum atomic E-state index is 3.68. The minimum atomic E-state index is -0.739. The average molecular weight is 215 g/mol. The lowest BCUT2D eigenvalue weighted by atomic mass is 10.2. The normalized spacial score (nSPS) is 17.1. The molecule has 0 radical (unpaired) electrons. The minimum absolute atomic E-state index is 0.539. The first-order chi connectivity index (χ1) is 6.34. The first-order valence-electron chi connectivity index (χ1n) is 6.07. The maximum absolute atomic E-state index is 3.68. The van der Waals surface area contributed by atoms with Gasteiger partial charge in [0.25, 0.3) is 0 Å². The summed E-state index contributed by atoms with van der Waals surface area (Å²) in [4.78, 5) is 0. The van der Waals surface area contributed by atoms with Crippen molar-refractivity contribution in [1.82, 2.24) is 5.32 Å². The lowest BCUT2D eigenvalue weighted by molar-refractivity contribution is 0.585. The summed E-state index contributed by atoms with van der Waals surface area (Å²) in [7, 11) is -0.739. The van der Waals surface area contributed by atoms with Crippen molar-refractivity contribution in [2.24, 2.45) is 0 Å². The molecule has 2 heteroatoms. The van der Waals surface area contributed by atoms with Gasteiger partial charge in [0.2, 0.25) is 0 Å². The zero-order valence-corrected chi connectivity index (χ0v) is 12.3. The van der Waals surface area contributed by atoms with Gasteiger partial charge in [0.05, 0.1) is 8.80 Å². The molecule has 2 unspecified atom stereocenters. The topological polar surface area (TPSA) is 12.0 Å². The van der Waals surface area contributed by atoms with Crippen molar-refractivity contribution in [3.05, 3.63) is 0 Å². The summed E-state index contributed by atoms with van der Waals surface area (Å²) < 4.78 is 0. The molecular weight excluding hydrogens is 186 g/mol. The number of hydrogen-bond acceptors (Lipinski definition) is 1. The molecule has 0 aromatic rings. The monoisotopic (exact) mass is 215 g/mol. The van der Waals surface area contributed by atoms with Crippen molar-refractivity contribution in [1.29, 1.82) is 0 Å². The zero-order chi connectivity index (χ0) is 11.4. The van der Waals surface area contributed by atoms with Crippen molar-refractivity contribution in [2.75, 3.05) is 6.54 Å². The zero-order valence-electron chi connectivity index (χ0n) is 11.1. The summed E-state index contributed by atoms with van der Waals surface area (Å²) in [5.41, 5.74) is 1.69. The van der Waals surface area contributed by atoms with Crippen LogP contribution in [-0.4, -0.2) is 21.0 Å². The van der Waals surface area contributed by atoms with Crippen LogP contribution in [0.25, 0.3) is 0 Å². The van der Waals surface area contributed by atoms with E-state index in [1.165, 1.54) is 6.42 Å². The van der Waals surface area contributed by atoms with Gasteiger partial charge in [-0.3, -0.25) is 0 Å². The van der Waals surface area contributed by atoms with Crippen molar-refractivity contribution < 1.29 is 0 Å². The van der Waals surface area contributed by atoms with Gasteiger partial charge in [-0.25, -0.2) is 0 Å². The molecule has 0 saturated carbocycles. The van der Waals surface area contributed by atoms with Gasteiger partial charge < -0.3 is 5.32 Å². The van der Waals surface area contributed by atoms with E-state index in [4.69, 9.17) is 0 Å². The lowest BCUT2D eigenvalue weighted by Gasteiger charge is -2.38. The molecule has 0 saturated heterocycles. The van der Waals surface area contributed by atoms with E-state index >= 15 is 0 Å². The first-order valence-corrected chi connectivity index (χ1v) is 7.99. The highest BCUT2D eigenvalue weighted by atomic mass is 28.3. The molecule has 0 aliphatic rings. The van der Waals surface area contributed by atoms with Crippen LogP contribution in [0.5, 0.6) is 0 Å². The molecule has 1 nitrogen and oxygen atoms in total. The Kier molecular flexibility index (Phi) is 5.99. The van der Waals surface area contributed by atoms with E-state index in [1.54, 1.807) is 0 Å². The molecule has 14 heavy (non-hydrogen) atoms. The number of nitrogens with one attached hydrogen (secondary N) is 1. The number of hydrogen-bond donors (Lipinski definition) is 1. The highest BCUT2D eigenvalue weighted by Crippen LogP contribution is 2.36. The van der Waals surface area contributed by atoms with Crippen LogP contribution in [0.1, 0.15) is 54.9 Å². The lowest BCUT2D eigenvalue weighted by Crippen LogP contribution is -2.49. The second kappa shape index (κ2) is 5.91. The molecular formula is C12H29NSi. The summed E-state index contributed by atoms with van der Waals surface area (Å²) in [5.74, 6) is 0. The molecule has 0 aliphatic carbocycles. The van der Waals surface area contributed by atoms with Gasteiger partial charge in [-0.05, 0) is 23.7 Å². The highest BCUT2D eigenvalue weighted by Gasteiger charge is 2.34. The molecule has 2 atom stereocenters. The molecule has 0 bridgehead atoms. The Morgan fingerprint density at radius 2 is 1.64 bits per heavy atom. The molecule has 0 fully saturated rings. The molecule has 0 rings (SSSR count). The third-order valence-corrected chi connectivity index (χ3v) is 8.07. The SMILES string of the molecule is CCNC(CC)[SiH](C(C)C)C(C)(C)C. The summed E-state index contributed by atoms with van der Waals surface area (Å²) >= 11 is 0. The predicted molar refractivity (Wildman–Crippen MR) is 69.7 cm³/mol. The standard InChI is InChI=1S/C12H29NSi/c1-8-11(13-9-2)14(10(3)4)12(5,6)7/h10-11,13-14H,8-9H2,1-7H3. The Bertz CT molecular complexity index is 149. The van der Waals surface area contributed by atoms with Gasteiger partial charge >= 0.3 is 0 Å². The molecule has 0 aromatic heterocycles. The van der Waals surface area contributed by atoms with Crippen LogP contribution in [0.2, 0.25) is 10.6 Å². The van der Waals surface area contributed by atoms with Crippen LogP contribution in [0, 0.1) is 0 Å². The summed E-state index contributed by atoms with van der Waals surface area (Å²) in [5, 5.41) is 4.22. The van der Waals surface area contributed by atoms with Gasteiger partial charge in [-0.1, -0.05) is 54.0 Å². The van der Waals surface area contributed by atoms with Crippen molar-refractivity contribution in [2.45, 2.75) is 71.1 Å². The second-order valence-corrected chi connectivity index (χ2v) is 10.6. The summed E-state index contributed by atoms with van der Waals surface area (Å²) in [6.07, 6.45) is 1.29. The fourth-order valence-electron chi connectivity index (χ4n) is 2.86. The Balaban J connectivity index is 4.61. The minimum Gasteiger partial charge on any atom is -0.317 e. The van der Waals surface area contributed by atoms with E-state index in [1.807, 2.05) is 0 Å². The third kappa shape index (κ3) is 4.14. The fourth-order valence-corrected chi connectivity index (χ4v) is 7.99. The Labute approximate surface area is 92.3 Å². The first kappa shape index (κ1) is 14.2. The molecule has 0 amide bonds. The van der Waals surface area contributed by atoms with Gasteiger partial charge in [0, 0.05) is 0 Å². The van der Waals surface area contributed by atoms with E-state index in [0.717, 1.165) is 17.8 Å². The van der Waals surface area contributed by atoms with Crippen LogP contribution in [0.4, 0.5) is 0 Å². The number of rotatable bonds is 5. The molecule has 0 aliphatic heterocycles. The molecule has 1 N–H and O–H groups in total. The average Bonchev–Trinajstić information content (AvgIpc) is 2.00. The predicted octanol–water partition coefficient (Wildman–Crippen LogP) is 3.35. The quantitative estimate of drug-likeness (QED) is 0.694. The van der Waals surface area contributed by atoms with Gasteiger partial charge in [-0.15, -0.1) is 0 Å².